The second-order valence-corrected chi connectivity index (χ2v) is 9.73. The number of anilines is 1. The number of halogens is 1. The van der Waals surface area contributed by atoms with E-state index in [0.29, 0.717) is 33.6 Å². The van der Waals surface area contributed by atoms with E-state index in [4.69, 9.17) is 9.84 Å². The maximum Gasteiger partial charge on any atom is 0.309 e. The zero-order valence-electron chi connectivity index (χ0n) is 22.7. The highest BCUT2D eigenvalue weighted by Gasteiger charge is 2.25. The molecular weight excluding hydrogens is 505 g/mol. The molecule has 0 radical (unpaired) electrons. The maximum atomic E-state index is 13.8. The Labute approximate surface area is 232 Å². The monoisotopic (exact) mass is 533 g/mol. The molecule has 1 aromatic heterocycles. The van der Waals surface area contributed by atoms with Crippen LogP contribution in [0.25, 0.3) is 28.1 Å². The van der Waals surface area contributed by atoms with Crippen LogP contribution in [0.2, 0.25) is 0 Å². The first-order valence-corrected chi connectivity index (χ1v) is 12.8. The average molecular weight is 534 g/mol. The van der Waals surface area contributed by atoms with Crippen LogP contribution in [0, 0.1) is 26.6 Å². The van der Waals surface area contributed by atoms with Gasteiger partial charge in [0.15, 0.2) is 0 Å². The molecule has 1 heterocycles. The summed E-state index contributed by atoms with van der Waals surface area (Å²) in [5, 5.41) is 7.79. The largest absolute Gasteiger partial charge is 0.407 e. The maximum absolute atomic E-state index is 13.8. The summed E-state index contributed by atoms with van der Waals surface area (Å²) < 4.78 is 21.2. The number of hydrogen-bond acceptors (Lipinski definition) is 4. The number of esters is 1. The van der Waals surface area contributed by atoms with Gasteiger partial charge in [-0.3, -0.25) is 9.59 Å². The van der Waals surface area contributed by atoms with E-state index in [1.165, 1.54) is 19.1 Å². The molecule has 200 valence electrons. The van der Waals surface area contributed by atoms with Crippen LogP contribution in [0.4, 0.5) is 10.1 Å². The summed E-state index contributed by atoms with van der Waals surface area (Å²) in [6, 6.07) is 26.5. The number of amides is 1. The van der Waals surface area contributed by atoms with Crippen LogP contribution in [0.5, 0.6) is 5.88 Å². The van der Waals surface area contributed by atoms with Crippen molar-refractivity contribution in [1.29, 1.82) is 0 Å². The zero-order valence-corrected chi connectivity index (χ0v) is 22.7. The van der Waals surface area contributed by atoms with E-state index in [-0.39, 0.29) is 17.6 Å². The molecule has 4 aromatic carbocycles. The zero-order chi connectivity index (χ0) is 28.4. The number of nitrogens with one attached hydrogen (secondary N) is 1. The van der Waals surface area contributed by atoms with E-state index in [9.17, 15) is 14.0 Å². The number of carbonyl (C=O) groups is 2. The van der Waals surface area contributed by atoms with Crippen molar-refractivity contribution in [3.63, 3.8) is 0 Å². The molecule has 5 rings (SSSR count). The van der Waals surface area contributed by atoms with Gasteiger partial charge in [-0.15, -0.1) is 0 Å². The standard InChI is InChI=1S/C33H28FN3O3/c1-20-6-9-26(10-7-20)32(39)35-28-17-13-24(14-18-28)30-31(25-11-15-27(34)16-12-25)36-37(33(30)40-23(4)38)29-19-21(2)5-8-22(29)3/h5-19H,1-4H3,(H,35,39). The van der Waals surface area contributed by atoms with Gasteiger partial charge in [0.25, 0.3) is 5.91 Å². The normalized spacial score (nSPS) is 10.8. The molecule has 6 nitrogen and oxygen atoms in total. The Kier molecular flexibility index (Phi) is 7.29. The predicted molar refractivity (Wildman–Crippen MR) is 154 cm³/mol. The van der Waals surface area contributed by atoms with Gasteiger partial charge in [-0.2, -0.15) is 9.78 Å². The summed E-state index contributed by atoms with van der Waals surface area (Å²) in [6.45, 7) is 7.23. The highest BCUT2D eigenvalue weighted by atomic mass is 19.1. The fourth-order valence-corrected chi connectivity index (χ4v) is 4.44. The number of benzene rings is 4. The molecule has 0 bridgehead atoms. The van der Waals surface area contributed by atoms with E-state index in [1.54, 1.807) is 41.1 Å². The van der Waals surface area contributed by atoms with Crippen LogP contribution < -0.4 is 10.1 Å². The molecule has 1 amide bonds. The molecule has 0 unspecified atom stereocenters. The summed E-state index contributed by atoms with van der Waals surface area (Å²) >= 11 is 0. The van der Waals surface area contributed by atoms with Gasteiger partial charge in [-0.05, 0) is 92.1 Å². The van der Waals surface area contributed by atoms with Crippen LogP contribution in [-0.2, 0) is 4.79 Å². The van der Waals surface area contributed by atoms with Crippen molar-refractivity contribution in [3.05, 3.63) is 119 Å². The molecule has 0 saturated carbocycles. The molecule has 0 atom stereocenters. The number of carbonyl (C=O) groups excluding carboxylic acids is 2. The lowest BCUT2D eigenvalue weighted by Crippen LogP contribution is -2.11. The molecule has 40 heavy (non-hydrogen) atoms. The third kappa shape index (κ3) is 5.54. The molecule has 0 aliphatic heterocycles. The topological polar surface area (TPSA) is 73.2 Å². The van der Waals surface area contributed by atoms with Crippen LogP contribution >= 0.6 is 0 Å². The van der Waals surface area contributed by atoms with E-state index in [2.05, 4.69) is 5.32 Å². The number of hydrogen-bond donors (Lipinski definition) is 1. The quantitative estimate of drug-likeness (QED) is 0.230. The fourth-order valence-electron chi connectivity index (χ4n) is 4.44. The van der Waals surface area contributed by atoms with Crippen LogP contribution in [0.1, 0.15) is 34.0 Å². The summed E-state index contributed by atoms with van der Waals surface area (Å²) in [6.07, 6.45) is 0. The number of aryl methyl sites for hydroxylation is 3. The van der Waals surface area contributed by atoms with E-state index in [1.807, 2.05) is 63.2 Å². The fraction of sp³-hybridized carbons (Fsp3) is 0.121. The molecule has 5 aromatic rings. The Balaban J connectivity index is 1.63. The number of aromatic nitrogens is 2. The minimum Gasteiger partial charge on any atom is -0.407 e. The van der Waals surface area contributed by atoms with Gasteiger partial charge in [0.05, 0.1) is 11.3 Å². The lowest BCUT2D eigenvalue weighted by Gasteiger charge is -2.12. The number of nitrogens with zero attached hydrogens (tertiary/aromatic N) is 2. The van der Waals surface area contributed by atoms with Gasteiger partial charge in [-0.25, -0.2) is 4.39 Å². The van der Waals surface area contributed by atoms with E-state index in [0.717, 1.165) is 22.4 Å². The highest BCUT2D eigenvalue weighted by Crippen LogP contribution is 2.41. The first kappa shape index (κ1) is 26.6. The molecule has 0 aliphatic rings. The van der Waals surface area contributed by atoms with Crippen molar-refractivity contribution in [3.8, 4) is 34.0 Å². The number of rotatable bonds is 6. The second-order valence-electron chi connectivity index (χ2n) is 9.73. The smallest absolute Gasteiger partial charge is 0.309 e. The average Bonchev–Trinajstić information content (AvgIpc) is 3.29. The Morgan fingerprint density at radius 1 is 0.800 bits per heavy atom. The van der Waals surface area contributed by atoms with E-state index < -0.39 is 5.97 Å². The van der Waals surface area contributed by atoms with Gasteiger partial charge < -0.3 is 10.1 Å². The Morgan fingerprint density at radius 3 is 2.08 bits per heavy atom. The first-order chi connectivity index (χ1) is 19.2. The van der Waals surface area contributed by atoms with Crippen LogP contribution in [0.15, 0.2) is 91.0 Å². The van der Waals surface area contributed by atoms with Gasteiger partial charge in [0.1, 0.15) is 11.5 Å². The molecule has 0 aliphatic carbocycles. The summed E-state index contributed by atoms with van der Waals surface area (Å²) in [4.78, 5) is 25.0. The van der Waals surface area contributed by atoms with Crippen molar-refractivity contribution < 1.29 is 18.7 Å². The third-order valence-electron chi connectivity index (χ3n) is 6.54. The van der Waals surface area contributed by atoms with Gasteiger partial charge in [-0.1, -0.05) is 42.0 Å². The first-order valence-electron chi connectivity index (χ1n) is 12.8. The van der Waals surface area contributed by atoms with Gasteiger partial charge in [0.2, 0.25) is 5.88 Å². The lowest BCUT2D eigenvalue weighted by molar-refractivity contribution is -0.132. The Bertz CT molecular complexity index is 1700. The number of ether oxygens (including phenoxy) is 1. The Hall–Kier alpha value is -5.04. The van der Waals surface area contributed by atoms with Gasteiger partial charge >= 0.3 is 5.97 Å². The van der Waals surface area contributed by atoms with Crippen molar-refractivity contribution >= 4 is 17.6 Å². The van der Waals surface area contributed by atoms with Crippen molar-refractivity contribution in [2.24, 2.45) is 0 Å². The van der Waals surface area contributed by atoms with Gasteiger partial charge in [0, 0.05) is 23.7 Å². The third-order valence-corrected chi connectivity index (χ3v) is 6.54. The van der Waals surface area contributed by atoms with Crippen LogP contribution in [0.3, 0.4) is 0 Å². The molecule has 0 spiro atoms. The minimum absolute atomic E-state index is 0.219. The minimum atomic E-state index is -0.500. The van der Waals surface area contributed by atoms with Crippen LogP contribution in [-0.4, -0.2) is 21.7 Å². The molecule has 7 heteroatoms. The highest BCUT2D eigenvalue weighted by molar-refractivity contribution is 6.04. The van der Waals surface area contributed by atoms with Crippen molar-refractivity contribution in [1.82, 2.24) is 9.78 Å². The summed E-state index contributed by atoms with van der Waals surface area (Å²) in [5.74, 6) is -0.839. The Morgan fingerprint density at radius 2 is 1.43 bits per heavy atom. The van der Waals surface area contributed by atoms with Crippen molar-refractivity contribution in [2.75, 3.05) is 5.32 Å². The summed E-state index contributed by atoms with van der Waals surface area (Å²) in [5.41, 5.74) is 7.40. The van der Waals surface area contributed by atoms with E-state index >= 15 is 0 Å². The van der Waals surface area contributed by atoms with Crippen molar-refractivity contribution in [2.45, 2.75) is 27.7 Å². The second kappa shape index (κ2) is 11.0. The molecular formula is C33H28FN3O3. The SMILES string of the molecule is CC(=O)Oc1c(-c2ccc(NC(=O)c3ccc(C)cc3)cc2)c(-c2ccc(F)cc2)nn1-c1cc(C)ccc1C. The molecule has 0 saturated heterocycles. The molecule has 0 fully saturated rings. The summed E-state index contributed by atoms with van der Waals surface area (Å²) in [7, 11) is 0. The predicted octanol–water partition coefficient (Wildman–Crippen LogP) is 7.45. The molecule has 1 N–H and O–H groups in total. The lowest BCUT2D eigenvalue weighted by atomic mass is 10.0.